The summed E-state index contributed by atoms with van der Waals surface area (Å²) in [6.45, 7) is 0.528. The molecule has 178 valence electrons. The quantitative estimate of drug-likeness (QED) is 0.254. The Balaban J connectivity index is 1.57. The summed E-state index contributed by atoms with van der Waals surface area (Å²) in [6.07, 6.45) is 6.39. The van der Waals surface area contributed by atoms with Crippen LogP contribution in [0.3, 0.4) is 0 Å². The molecule has 1 N–H and O–H groups in total. The standard InChI is InChI=1S/C28H24Cl2N2O3/c1-35-23-12-9-21(10-13-23)20-7-4-19(5-8-20)6-15-27-31-26(18-32(27)16-2-3-28(33)34)24-14-11-22(29)17-25(24)30/h4-15,17-18H,2-3,16H2,1H3,(H,33,34). The van der Waals surface area contributed by atoms with E-state index in [1.54, 1.807) is 19.2 Å². The zero-order chi connectivity index (χ0) is 24.8. The van der Waals surface area contributed by atoms with Crippen molar-refractivity contribution in [2.45, 2.75) is 19.4 Å². The highest BCUT2D eigenvalue weighted by Crippen LogP contribution is 2.30. The van der Waals surface area contributed by atoms with Gasteiger partial charge in [-0.2, -0.15) is 0 Å². The van der Waals surface area contributed by atoms with Crippen molar-refractivity contribution < 1.29 is 14.6 Å². The predicted molar refractivity (Wildman–Crippen MR) is 142 cm³/mol. The van der Waals surface area contributed by atoms with E-state index in [1.807, 2.05) is 65.4 Å². The summed E-state index contributed by atoms with van der Waals surface area (Å²) in [5.41, 5.74) is 4.72. The lowest BCUT2D eigenvalue weighted by Crippen LogP contribution is -2.02. The average molecular weight is 507 g/mol. The minimum absolute atomic E-state index is 0.0885. The maximum atomic E-state index is 11.0. The maximum Gasteiger partial charge on any atom is 0.303 e. The first kappa shape index (κ1) is 24.6. The number of rotatable bonds is 9. The number of carboxylic acids is 1. The largest absolute Gasteiger partial charge is 0.497 e. The number of carbonyl (C=O) groups is 1. The van der Waals surface area contributed by atoms with Crippen LogP contribution < -0.4 is 4.74 Å². The van der Waals surface area contributed by atoms with E-state index in [0.717, 1.165) is 33.8 Å². The van der Waals surface area contributed by atoms with Crippen LogP contribution in [0.2, 0.25) is 10.0 Å². The van der Waals surface area contributed by atoms with Crippen LogP contribution in [0.25, 0.3) is 34.5 Å². The Morgan fingerprint density at radius 2 is 1.69 bits per heavy atom. The van der Waals surface area contributed by atoms with E-state index in [9.17, 15) is 4.79 Å². The van der Waals surface area contributed by atoms with Gasteiger partial charge in [0.1, 0.15) is 11.6 Å². The zero-order valence-electron chi connectivity index (χ0n) is 19.1. The molecule has 0 aliphatic rings. The first-order chi connectivity index (χ1) is 16.9. The predicted octanol–water partition coefficient (Wildman–Crippen LogP) is 7.57. The van der Waals surface area contributed by atoms with Crippen LogP contribution in [0, 0.1) is 0 Å². The van der Waals surface area contributed by atoms with Gasteiger partial charge in [0, 0.05) is 29.7 Å². The van der Waals surface area contributed by atoms with Gasteiger partial charge in [-0.15, -0.1) is 0 Å². The van der Waals surface area contributed by atoms with Crippen molar-refractivity contribution in [2.75, 3.05) is 7.11 Å². The fraction of sp³-hybridized carbons (Fsp3) is 0.143. The number of methoxy groups -OCH3 is 1. The van der Waals surface area contributed by atoms with Crippen molar-refractivity contribution in [3.8, 4) is 28.1 Å². The summed E-state index contributed by atoms with van der Waals surface area (Å²) in [5, 5.41) is 10.1. The number of nitrogens with zero attached hydrogens (tertiary/aromatic N) is 2. The van der Waals surface area contributed by atoms with Crippen molar-refractivity contribution in [3.63, 3.8) is 0 Å². The van der Waals surface area contributed by atoms with Crippen molar-refractivity contribution in [3.05, 3.63) is 94.4 Å². The number of imidazole rings is 1. The van der Waals surface area contributed by atoms with Crippen molar-refractivity contribution >= 4 is 41.3 Å². The Morgan fingerprint density at radius 3 is 2.31 bits per heavy atom. The van der Waals surface area contributed by atoms with E-state index in [1.165, 1.54) is 0 Å². The summed E-state index contributed by atoms with van der Waals surface area (Å²) < 4.78 is 7.18. The number of benzene rings is 3. The van der Waals surface area contributed by atoms with Gasteiger partial charge in [0.25, 0.3) is 0 Å². The third kappa shape index (κ3) is 6.32. The van der Waals surface area contributed by atoms with Crippen LogP contribution >= 0.6 is 23.2 Å². The summed E-state index contributed by atoms with van der Waals surface area (Å²) in [7, 11) is 1.65. The summed E-state index contributed by atoms with van der Waals surface area (Å²) in [4.78, 5) is 15.7. The highest BCUT2D eigenvalue weighted by molar-refractivity contribution is 6.36. The maximum absolute atomic E-state index is 11.0. The number of ether oxygens (including phenoxy) is 1. The number of aliphatic carboxylic acids is 1. The number of carboxylic acid groups (broad SMARTS) is 1. The van der Waals surface area contributed by atoms with E-state index in [2.05, 4.69) is 12.1 Å². The van der Waals surface area contributed by atoms with Gasteiger partial charge in [0.15, 0.2) is 0 Å². The van der Waals surface area contributed by atoms with Crippen molar-refractivity contribution in [2.24, 2.45) is 0 Å². The Bertz CT molecular complexity index is 1340. The van der Waals surface area contributed by atoms with Gasteiger partial charge < -0.3 is 14.4 Å². The number of halogens is 2. The topological polar surface area (TPSA) is 64.4 Å². The molecule has 1 heterocycles. The number of aryl methyl sites for hydroxylation is 1. The lowest BCUT2D eigenvalue weighted by Gasteiger charge is -2.05. The summed E-state index contributed by atoms with van der Waals surface area (Å²) in [5.74, 6) is 0.724. The highest BCUT2D eigenvalue weighted by Gasteiger charge is 2.12. The molecule has 3 aromatic carbocycles. The van der Waals surface area contributed by atoms with Gasteiger partial charge in [-0.25, -0.2) is 4.98 Å². The fourth-order valence-electron chi connectivity index (χ4n) is 3.71. The molecule has 35 heavy (non-hydrogen) atoms. The Hall–Kier alpha value is -3.54. The average Bonchev–Trinajstić information content (AvgIpc) is 3.25. The summed E-state index contributed by atoms with van der Waals surface area (Å²) in [6, 6.07) is 21.5. The third-order valence-electron chi connectivity index (χ3n) is 5.56. The van der Waals surface area contributed by atoms with Gasteiger partial charge in [0.05, 0.1) is 17.8 Å². The minimum atomic E-state index is -0.819. The van der Waals surface area contributed by atoms with E-state index in [0.29, 0.717) is 28.7 Å². The van der Waals surface area contributed by atoms with Crippen LogP contribution in [0.15, 0.2) is 72.9 Å². The van der Waals surface area contributed by atoms with Gasteiger partial charge in [-0.05, 0) is 59.5 Å². The Morgan fingerprint density at radius 1 is 1.00 bits per heavy atom. The van der Waals surface area contributed by atoms with Crippen molar-refractivity contribution in [1.82, 2.24) is 9.55 Å². The van der Waals surface area contributed by atoms with E-state index < -0.39 is 5.97 Å². The molecule has 5 nitrogen and oxygen atoms in total. The molecule has 0 spiro atoms. The van der Waals surface area contributed by atoms with Crippen LogP contribution in [0.4, 0.5) is 0 Å². The van der Waals surface area contributed by atoms with E-state index in [-0.39, 0.29) is 6.42 Å². The monoisotopic (exact) mass is 506 g/mol. The van der Waals surface area contributed by atoms with Crippen LogP contribution in [0.5, 0.6) is 5.75 Å². The molecule has 0 aliphatic carbocycles. The van der Waals surface area contributed by atoms with E-state index in [4.69, 9.17) is 38.0 Å². The van der Waals surface area contributed by atoms with Crippen molar-refractivity contribution in [1.29, 1.82) is 0 Å². The van der Waals surface area contributed by atoms with Gasteiger partial charge >= 0.3 is 5.97 Å². The Labute approximate surface area is 214 Å². The lowest BCUT2D eigenvalue weighted by molar-refractivity contribution is -0.137. The molecule has 0 saturated carbocycles. The first-order valence-electron chi connectivity index (χ1n) is 11.1. The van der Waals surface area contributed by atoms with Gasteiger partial charge in [-0.3, -0.25) is 4.79 Å². The third-order valence-corrected chi connectivity index (χ3v) is 6.11. The Kier molecular flexibility index (Phi) is 7.91. The molecular weight excluding hydrogens is 483 g/mol. The van der Waals surface area contributed by atoms with E-state index >= 15 is 0 Å². The fourth-order valence-corrected chi connectivity index (χ4v) is 4.22. The first-order valence-corrected chi connectivity index (χ1v) is 11.9. The molecule has 7 heteroatoms. The smallest absolute Gasteiger partial charge is 0.303 e. The van der Waals surface area contributed by atoms with Crippen LogP contribution in [0.1, 0.15) is 24.2 Å². The molecule has 0 aliphatic heterocycles. The lowest BCUT2D eigenvalue weighted by atomic mass is 10.0. The molecule has 0 bridgehead atoms. The highest BCUT2D eigenvalue weighted by atomic mass is 35.5. The molecule has 0 amide bonds. The van der Waals surface area contributed by atoms with Gasteiger partial charge in [0.2, 0.25) is 0 Å². The normalized spacial score (nSPS) is 11.2. The molecule has 0 unspecified atom stereocenters. The SMILES string of the molecule is COc1ccc(-c2ccc(C=Cc3nc(-c4ccc(Cl)cc4Cl)cn3CCCC(=O)O)cc2)cc1. The minimum Gasteiger partial charge on any atom is -0.497 e. The number of aromatic nitrogens is 2. The molecule has 4 rings (SSSR count). The summed E-state index contributed by atoms with van der Waals surface area (Å²) >= 11 is 12.4. The molecule has 4 aromatic rings. The molecular formula is C28H24Cl2N2O3. The number of hydrogen-bond donors (Lipinski definition) is 1. The van der Waals surface area contributed by atoms with Crippen LogP contribution in [-0.4, -0.2) is 27.7 Å². The second-order valence-electron chi connectivity index (χ2n) is 7.98. The second kappa shape index (κ2) is 11.3. The number of hydrogen-bond acceptors (Lipinski definition) is 3. The molecule has 0 atom stereocenters. The van der Waals surface area contributed by atoms with Gasteiger partial charge in [-0.1, -0.05) is 65.7 Å². The molecule has 1 aromatic heterocycles. The van der Waals surface area contributed by atoms with Crippen LogP contribution in [-0.2, 0) is 11.3 Å². The second-order valence-corrected chi connectivity index (χ2v) is 8.83. The molecule has 0 radical (unpaired) electrons. The zero-order valence-corrected chi connectivity index (χ0v) is 20.6. The molecule has 0 fully saturated rings. The molecule has 0 saturated heterocycles.